The third-order valence-electron chi connectivity index (χ3n) is 5.38. The Bertz CT molecular complexity index is 848. The number of carbonyl (C=O) groups excluding carboxylic acids is 2. The molecule has 0 aromatic heterocycles. The summed E-state index contributed by atoms with van der Waals surface area (Å²) in [5.41, 5.74) is 8.49. The van der Waals surface area contributed by atoms with Gasteiger partial charge >= 0.3 is 0 Å². The van der Waals surface area contributed by atoms with E-state index in [0.29, 0.717) is 12.1 Å². The predicted octanol–water partition coefficient (Wildman–Crippen LogP) is 2.31. The van der Waals surface area contributed by atoms with Gasteiger partial charge in [0, 0.05) is 24.2 Å². The quantitative estimate of drug-likeness (QED) is 0.904. The molecule has 0 bridgehead atoms. The number of fused-ring (bicyclic) bond motifs is 1. The third-order valence-corrected chi connectivity index (χ3v) is 5.38. The number of para-hydroxylation sites is 1. The van der Waals surface area contributed by atoms with Gasteiger partial charge in [-0.3, -0.25) is 14.5 Å². The maximum Gasteiger partial charge on any atom is 0.248 e. The first-order chi connectivity index (χ1) is 12.1. The van der Waals surface area contributed by atoms with E-state index in [2.05, 4.69) is 16.3 Å². The molecule has 0 saturated carbocycles. The highest BCUT2D eigenvalue weighted by Gasteiger charge is 2.49. The van der Waals surface area contributed by atoms with Crippen molar-refractivity contribution < 1.29 is 9.59 Å². The van der Waals surface area contributed by atoms with Gasteiger partial charge in [-0.1, -0.05) is 30.3 Å². The van der Waals surface area contributed by atoms with Crippen molar-refractivity contribution in [3.8, 4) is 0 Å². The standard InChI is InChI=1S/C20H21N3O2/c21-18(24)15-7-3-5-14(11-15)13-23-10-4-9-20(23)12-16-6-1-2-8-17(16)22-19(20)25/h1-3,5-8,11H,4,9-10,12-13H2,(H2,21,24)(H,22,25). The summed E-state index contributed by atoms with van der Waals surface area (Å²) >= 11 is 0. The molecule has 5 nitrogen and oxygen atoms in total. The average Bonchev–Trinajstić information content (AvgIpc) is 2.99. The summed E-state index contributed by atoms with van der Waals surface area (Å²) in [6.07, 6.45) is 2.57. The normalized spacial score (nSPS) is 22.6. The van der Waals surface area contributed by atoms with Gasteiger partial charge in [-0.2, -0.15) is 0 Å². The Hall–Kier alpha value is -2.66. The molecule has 4 rings (SSSR count). The van der Waals surface area contributed by atoms with Gasteiger partial charge in [-0.15, -0.1) is 0 Å². The molecule has 1 fully saturated rings. The number of anilines is 1. The molecular formula is C20H21N3O2. The van der Waals surface area contributed by atoms with Crippen LogP contribution in [0.4, 0.5) is 5.69 Å². The van der Waals surface area contributed by atoms with Crippen LogP contribution in [-0.2, 0) is 17.8 Å². The topological polar surface area (TPSA) is 75.4 Å². The Morgan fingerprint density at radius 2 is 2.04 bits per heavy atom. The second kappa shape index (κ2) is 6.01. The Labute approximate surface area is 146 Å². The lowest BCUT2D eigenvalue weighted by molar-refractivity contribution is -0.127. The Kier molecular flexibility index (Phi) is 3.81. The van der Waals surface area contributed by atoms with E-state index in [1.807, 2.05) is 36.4 Å². The van der Waals surface area contributed by atoms with Crippen LogP contribution in [0.5, 0.6) is 0 Å². The highest BCUT2D eigenvalue weighted by atomic mass is 16.2. The minimum absolute atomic E-state index is 0.0785. The van der Waals surface area contributed by atoms with Gasteiger partial charge in [-0.05, 0) is 48.7 Å². The molecule has 2 aliphatic rings. The predicted molar refractivity (Wildman–Crippen MR) is 96.1 cm³/mol. The highest BCUT2D eigenvalue weighted by Crippen LogP contribution is 2.39. The molecule has 0 aliphatic carbocycles. The van der Waals surface area contributed by atoms with Crippen molar-refractivity contribution in [3.05, 3.63) is 65.2 Å². The summed E-state index contributed by atoms with van der Waals surface area (Å²) in [7, 11) is 0. The molecule has 3 N–H and O–H groups in total. The zero-order valence-electron chi connectivity index (χ0n) is 14.0. The summed E-state index contributed by atoms with van der Waals surface area (Å²) < 4.78 is 0. The first-order valence-corrected chi connectivity index (χ1v) is 8.62. The highest BCUT2D eigenvalue weighted by molar-refractivity contribution is 6.01. The van der Waals surface area contributed by atoms with Crippen molar-refractivity contribution >= 4 is 17.5 Å². The van der Waals surface area contributed by atoms with Crippen molar-refractivity contribution in [2.45, 2.75) is 31.3 Å². The first-order valence-electron chi connectivity index (χ1n) is 8.62. The van der Waals surface area contributed by atoms with Gasteiger partial charge in [0.15, 0.2) is 0 Å². The van der Waals surface area contributed by atoms with Crippen LogP contribution >= 0.6 is 0 Å². The van der Waals surface area contributed by atoms with Gasteiger partial charge in [0.2, 0.25) is 11.8 Å². The fourth-order valence-corrected chi connectivity index (χ4v) is 4.10. The number of carbonyl (C=O) groups is 2. The molecule has 128 valence electrons. The van der Waals surface area contributed by atoms with Crippen molar-refractivity contribution in [3.63, 3.8) is 0 Å². The fraction of sp³-hybridized carbons (Fsp3) is 0.300. The molecule has 2 aliphatic heterocycles. The second-order valence-electron chi connectivity index (χ2n) is 6.91. The zero-order valence-corrected chi connectivity index (χ0v) is 14.0. The van der Waals surface area contributed by atoms with E-state index >= 15 is 0 Å². The molecule has 0 radical (unpaired) electrons. The number of likely N-dealkylation sites (tertiary alicyclic amines) is 1. The average molecular weight is 335 g/mol. The van der Waals surface area contributed by atoms with Crippen LogP contribution in [0.3, 0.4) is 0 Å². The van der Waals surface area contributed by atoms with Crippen LogP contribution < -0.4 is 11.1 Å². The van der Waals surface area contributed by atoms with Crippen molar-refractivity contribution in [1.29, 1.82) is 0 Å². The largest absolute Gasteiger partial charge is 0.366 e. The molecule has 2 heterocycles. The Balaban J connectivity index is 1.64. The number of hydrogen-bond donors (Lipinski definition) is 2. The molecule has 1 spiro atoms. The van der Waals surface area contributed by atoms with Crippen LogP contribution in [0, 0.1) is 0 Å². The van der Waals surface area contributed by atoms with E-state index in [0.717, 1.165) is 37.1 Å². The van der Waals surface area contributed by atoms with Gasteiger partial charge in [0.05, 0.1) is 0 Å². The van der Waals surface area contributed by atoms with Gasteiger partial charge in [-0.25, -0.2) is 0 Å². The van der Waals surface area contributed by atoms with Gasteiger partial charge in [0.25, 0.3) is 0 Å². The minimum Gasteiger partial charge on any atom is -0.366 e. The van der Waals surface area contributed by atoms with Gasteiger partial charge in [0.1, 0.15) is 5.54 Å². The van der Waals surface area contributed by atoms with E-state index in [4.69, 9.17) is 5.73 Å². The fourth-order valence-electron chi connectivity index (χ4n) is 4.10. The van der Waals surface area contributed by atoms with Crippen LogP contribution in [0.25, 0.3) is 0 Å². The molecule has 5 heteroatoms. The van der Waals surface area contributed by atoms with Crippen LogP contribution in [0.15, 0.2) is 48.5 Å². The van der Waals surface area contributed by atoms with E-state index in [1.54, 1.807) is 6.07 Å². The number of primary amides is 1. The summed E-state index contributed by atoms with van der Waals surface area (Å²) in [5, 5.41) is 3.08. The van der Waals surface area contributed by atoms with Crippen molar-refractivity contribution in [2.24, 2.45) is 5.73 Å². The molecule has 1 atom stereocenters. The number of benzene rings is 2. The molecule has 2 amide bonds. The lowest BCUT2D eigenvalue weighted by Gasteiger charge is -2.41. The molecule has 25 heavy (non-hydrogen) atoms. The van der Waals surface area contributed by atoms with Crippen LogP contribution in [0.1, 0.15) is 34.3 Å². The molecule has 2 aromatic rings. The summed E-state index contributed by atoms with van der Waals surface area (Å²) in [6.45, 7) is 1.51. The molecule has 1 saturated heterocycles. The van der Waals surface area contributed by atoms with E-state index < -0.39 is 11.4 Å². The molecule has 2 aromatic carbocycles. The molecular weight excluding hydrogens is 314 g/mol. The summed E-state index contributed by atoms with van der Waals surface area (Å²) in [6, 6.07) is 15.4. The number of nitrogens with one attached hydrogen (secondary N) is 1. The van der Waals surface area contributed by atoms with E-state index in [9.17, 15) is 9.59 Å². The van der Waals surface area contributed by atoms with Crippen LogP contribution in [0.2, 0.25) is 0 Å². The Morgan fingerprint density at radius 1 is 1.20 bits per heavy atom. The SMILES string of the molecule is NC(=O)c1cccc(CN2CCCC23Cc2ccccc2NC3=O)c1. The van der Waals surface area contributed by atoms with Crippen molar-refractivity contribution in [2.75, 3.05) is 11.9 Å². The smallest absolute Gasteiger partial charge is 0.248 e. The number of rotatable bonds is 3. The monoisotopic (exact) mass is 335 g/mol. The Morgan fingerprint density at radius 3 is 2.88 bits per heavy atom. The van der Waals surface area contributed by atoms with E-state index in [-0.39, 0.29) is 5.91 Å². The number of amides is 2. The molecule has 1 unspecified atom stereocenters. The zero-order chi connectivity index (χ0) is 17.4. The maximum atomic E-state index is 12.9. The number of hydrogen-bond acceptors (Lipinski definition) is 3. The summed E-state index contributed by atoms with van der Waals surface area (Å²) in [5.74, 6) is -0.350. The third kappa shape index (κ3) is 2.70. The van der Waals surface area contributed by atoms with Crippen LogP contribution in [-0.4, -0.2) is 28.8 Å². The lowest BCUT2D eigenvalue weighted by atomic mass is 9.83. The maximum absolute atomic E-state index is 12.9. The minimum atomic E-state index is -0.503. The van der Waals surface area contributed by atoms with Gasteiger partial charge < -0.3 is 11.1 Å². The van der Waals surface area contributed by atoms with Crippen molar-refractivity contribution in [1.82, 2.24) is 4.90 Å². The van der Waals surface area contributed by atoms with E-state index in [1.165, 1.54) is 5.56 Å². The second-order valence-corrected chi connectivity index (χ2v) is 6.91. The number of nitrogens with two attached hydrogens (primary N) is 1. The lowest BCUT2D eigenvalue weighted by Crippen LogP contribution is -2.56. The summed E-state index contributed by atoms with van der Waals surface area (Å²) in [4.78, 5) is 26.6. The number of nitrogens with zero attached hydrogens (tertiary/aromatic N) is 1. The first kappa shape index (κ1) is 15.8.